The summed E-state index contributed by atoms with van der Waals surface area (Å²) in [5.41, 5.74) is 2.71. The van der Waals surface area contributed by atoms with Crippen LogP contribution >= 0.6 is 11.6 Å². The lowest BCUT2D eigenvalue weighted by atomic mass is 9.99. The highest BCUT2D eigenvalue weighted by atomic mass is 35.5. The third kappa shape index (κ3) is 3.29. The van der Waals surface area contributed by atoms with Gasteiger partial charge in [0.15, 0.2) is 17.0 Å². The van der Waals surface area contributed by atoms with E-state index in [-0.39, 0.29) is 35.3 Å². The number of aromatic nitrogens is 6. The van der Waals surface area contributed by atoms with Crippen molar-refractivity contribution in [3.8, 4) is 0 Å². The first-order valence-electron chi connectivity index (χ1n) is 9.57. The molecule has 1 aliphatic rings. The first kappa shape index (κ1) is 19.0. The van der Waals surface area contributed by atoms with Crippen LogP contribution in [0.4, 0.5) is 0 Å². The molecule has 2 atom stereocenters. The van der Waals surface area contributed by atoms with E-state index in [0.717, 1.165) is 12.0 Å². The average Bonchev–Trinajstić information content (AvgIpc) is 3.46. The van der Waals surface area contributed by atoms with Crippen LogP contribution < -0.4 is 5.56 Å². The molecule has 4 heterocycles. The van der Waals surface area contributed by atoms with Crippen LogP contribution in [0.5, 0.6) is 0 Å². The van der Waals surface area contributed by atoms with Crippen molar-refractivity contribution in [3.05, 3.63) is 69.1 Å². The second kappa shape index (κ2) is 7.33. The fourth-order valence-corrected chi connectivity index (χ4v) is 3.91. The zero-order valence-electron chi connectivity index (χ0n) is 16.4. The van der Waals surface area contributed by atoms with Gasteiger partial charge in [-0.25, -0.2) is 4.98 Å². The summed E-state index contributed by atoms with van der Waals surface area (Å²) in [4.78, 5) is 25.5. The molecule has 0 radical (unpaired) electrons. The van der Waals surface area contributed by atoms with Gasteiger partial charge in [-0.05, 0) is 30.5 Å². The molecular formula is C20H19ClN6O3. The Morgan fingerprint density at radius 3 is 2.83 bits per heavy atom. The van der Waals surface area contributed by atoms with Crippen molar-refractivity contribution >= 4 is 22.8 Å². The van der Waals surface area contributed by atoms with Crippen molar-refractivity contribution < 1.29 is 9.26 Å². The largest absolute Gasteiger partial charge is 0.373 e. The summed E-state index contributed by atoms with van der Waals surface area (Å²) in [6, 6.07) is 8.32. The molecule has 0 N–H and O–H groups in total. The highest BCUT2D eigenvalue weighted by molar-refractivity contribution is 6.28. The summed E-state index contributed by atoms with van der Waals surface area (Å²) >= 11 is 6.19. The van der Waals surface area contributed by atoms with Crippen LogP contribution in [-0.4, -0.2) is 35.8 Å². The standard InChI is InChI=1S/C20H19ClN6O3/c1-11-3-5-12(6-4-11)14-7-13(9-29-14)17-23-15(30-25-17)8-27-19(28)16-18(24-20(27)21)22-10-26(16)2/h3-6,10,13-14H,7-9H2,1-2H3/t13-,14+/m0/s1. The number of hydrogen-bond acceptors (Lipinski definition) is 7. The van der Waals surface area contributed by atoms with E-state index in [9.17, 15) is 4.79 Å². The molecule has 0 aliphatic carbocycles. The van der Waals surface area contributed by atoms with Crippen molar-refractivity contribution in [3.63, 3.8) is 0 Å². The van der Waals surface area contributed by atoms with Crippen LogP contribution in [0.1, 0.15) is 41.3 Å². The van der Waals surface area contributed by atoms with E-state index in [2.05, 4.69) is 51.3 Å². The lowest BCUT2D eigenvalue weighted by Gasteiger charge is -2.09. The van der Waals surface area contributed by atoms with E-state index in [1.54, 1.807) is 11.6 Å². The maximum Gasteiger partial charge on any atom is 0.281 e. The number of aryl methyl sites for hydroxylation is 2. The van der Waals surface area contributed by atoms with E-state index in [0.29, 0.717) is 23.6 Å². The van der Waals surface area contributed by atoms with Gasteiger partial charge >= 0.3 is 0 Å². The van der Waals surface area contributed by atoms with Crippen LogP contribution in [0, 0.1) is 6.92 Å². The Labute approximate surface area is 176 Å². The number of ether oxygens (including phenoxy) is 1. The second-order valence-electron chi connectivity index (χ2n) is 7.51. The Kier molecular flexibility index (Phi) is 4.63. The van der Waals surface area contributed by atoms with E-state index < -0.39 is 0 Å². The fraction of sp³-hybridized carbons (Fsp3) is 0.350. The number of benzene rings is 1. The van der Waals surface area contributed by atoms with Crippen LogP contribution in [0.2, 0.25) is 5.28 Å². The zero-order valence-corrected chi connectivity index (χ0v) is 17.2. The maximum absolute atomic E-state index is 12.8. The summed E-state index contributed by atoms with van der Waals surface area (Å²) in [6.45, 7) is 2.61. The van der Waals surface area contributed by atoms with Gasteiger partial charge in [-0.1, -0.05) is 35.0 Å². The molecule has 9 nitrogen and oxygen atoms in total. The van der Waals surface area contributed by atoms with Gasteiger partial charge in [0.2, 0.25) is 11.2 Å². The molecule has 0 unspecified atom stereocenters. The summed E-state index contributed by atoms with van der Waals surface area (Å²) in [5, 5.41) is 4.13. The van der Waals surface area contributed by atoms with Gasteiger partial charge in [0.05, 0.1) is 19.0 Å². The molecule has 5 rings (SSSR count). The maximum atomic E-state index is 12.8. The summed E-state index contributed by atoms with van der Waals surface area (Å²) in [6.07, 6.45) is 2.30. The van der Waals surface area contributed by atoms with Gasteiger partial charge in [0.1, 0.15) is 6.54 Å². The number of hydrogen-bond donors (Lipinski definition) is 0. The fourth-order valence-electron chi connectivity index (χ4n) is 3.70. The normalized spacial score (nSPS) is 19.0. The number of rotatable bonds is 4. The minimum Gasteiger partial charge on any atom is -0.373 e. The molecule has 30 heavy (non-hydrogen) atoms. The molecule has 1 aromatic carbocycles. The predicted octanol–water partition coefficient (Wildman–Crippen LogP) is 2.77. The van der Waals surface area contributed by atoms with Gasteiger partial charge in [-0.2, -0.15) is 9.97 Å². The minimum absolute atomic E-state index is 0.00561. The molecule has 0 saturated carbocycles. The smallest absolute Gasteiger partial charge is 0.281 e. The Morgan fingerprint density at radius 2 is 2.03 bits per heavy atom. The quantitative estimate of drug-likeness (QED) is 0.462. The Morgan fingerprint density at radius 1 is 1.23 bits per heavy atom. The third-order valence-corrected chi connectivity index (χ3v) is 5.66. The van der Waals surface area contributed by atoms with Crippen molar-refractivity contribution in [2.24, 2.45) is 7.05 Å². The molecule has 0 amide bonds. The molecule has 3 aromatic heterocycles. The monoisotopic (exact) mass is 426 g/mol. The molecule has 154 valence electrons. The van der Waals surface area contributed by atoms with Crippen molar-refractivity contribution in [2.45, 2.75) is 31.9 Å². The molecular weight excluding hydrogens is 408 g/mol. The Hall–Kier alpha value is -3.04. The number of fused-ring (bicyclic) bond motifs is 1. The molecule has 1 fully saturated rings. The first-order valence-corrected chi connectivity index (χ1v) is 9.95. The van der Waals surface area contributed by atoms with E-state index in [4.69, 9.17) is 20.9 Å². The van der Waals surface area contributed by atoms with Crippen LogP contribution in [0.25, 0.3) is 11.2 Å². The van der Waals surface area contributed by atoms with Gasteiger partial charge in [-0.3, -0.25) is 9.36 Å². The van der Waals surface area contributed by atoms with E-state index >= 15 is 0 Å². The summed E-state index contributed by atoms with van der Waals surface area (Å²) < 4.78 is 14.2. The van der Waals surface area contributed by atoms with E-state index in [1.807, 2.05) is 0 Å². The number of halogens is 1. The van der Waals surface area contributed by atoms with Gasteiger partial charge < -0.3 is 13.8 Å². The summed E-state index contributed by atoms with van der Waals surface area (Å²) in [5.74, 6) is 0.883. The molecule has 0 spiro atoms. The third-order valence-electron chi connectivity index (χ3n) is 5.37. The SMILES string of the molecule is Cc1ccc([C@H]2C[C@H](c3noc(Cn4c(Cl)nc5ncn(C)c5c4=O)n3)CO2)cc1. The highest BCUT2D eigenvalue weighted by Gasteiger charge is 2.31. The van der Waals surface area contributed by atoms with Crippen LogP contribution in [0.15, 0.2) is 39.9 Å². The number of imidazole rings is 1. The van der Waals surface area contributed by atoms with Gasteiger partial charge in [0.25, 0.3) is 5.56 Å². The number of nitrogens with zero attached hydrogens (tertiary/aromatic N) is 6. The topological polar surface area (TPSA) is 101 Å². The lowest BCUT2D eigenvalue weighted by Crippen LogP contribution is -2.24. The highest BCUT2D eigenvalue weighted by Crippen LogP contribution is 2.37. The molecule has 10 heteroatoms. The zero-order chi connectivity index (χ0) is 20.8. The Balaban J connectivity index is 1.35. The molecule has 1 saturated heterocycles. The first-order chi connectivity index (χ1) is 14.5. The van der Waals surface area contributed by atoms with Crippen LogP contribution in [-0.2, 0) is 18.3 Å². The van der Waals surface area contributed by atoms with Gasteiger partial charge in [0, 0.05) is 13.0 Å². The van der Waals surface area contributed by atoms with Crippen molar-refractivity contribution in [1.82, 2.24) is 29.2 Å². The summed E-state index contributed by atoms with van der Waals surface area (Å²) in [7, 11) is 1.73. The van der Waals surface area contributed by atoms with Crippen molar-refractivity contribution in [1.29, 1.82) is 0 Å². The van der Waals surface area contributed by atoms with Gasteiger partial charge in [-0.15, -0.1) is 0 Å². The van der Waals surface area contributed by atoms with Crippen LogP contribution in [0.3, 0.4) is 0 Å². The average molecular weight is 427 g/mol. The van der Waals surface area contributed by atoms with E-state index in [1.165, 1.54) is 16.5 Å². The molecule has 1 aliphatic heterocycles. The molecule has 0 bridgehead atoms. The van der Waals surface area contributed by atoms with Crippen molar-refractivity contribution in [2.75, 3.05) is 6.61 Å². The predicted molar refractivity (Wildman–Crippen MR) is 108 cm³/mol. The lowest BCUT2D eigenvalue weighted by molar-refractivity contribution is 0.110. The second-order valence-corrected chi connectivity index (χ2v) is 7.85. The Bertz CT molecular complexity index is 1280. The molecule has 4 aromatic rings. The minimum atomic E-state index is -0.312.